The molecule has 5 heteroatoms. The molecule has 16 heavy (non-hydrogen) atoms. The molecule has 0 saturated carbocycles. The second-order valence-corrected chi connectivity index (χ2v) is 3.56. The van der Waals surface area contributed by atoms with Crippen LogP contribution in [0.25, 0.3) is 0 Å². The molecule has 2 N–H and O–H groups in total. The molecule has 0 bridgehead atoms. The van der Waals surface area contributed by atoms with Crippen molar-refractivity contribution in [2.75, 3.05) is 18.5 Å². The summed E-state index contributed by atoms with van der Waals surface area (Å²) in [6.07, 6.45) is 0. The first-order chi connectivity index (χ1) is 7.72. The summed E-state index contributed by atoms with van der Waals surface area (Å²) in [6.45, 7) is 0.364. The van der Waals surface area contributed by atoms with Crippen LogP contribution in [0.5, 0.6) is 0 Å². The van der Waals surface area contributed by atoms with E-state index in [9.17, 15) is 9.59 Å². The van der Waals surface area contributed by atoms with Gasteiger partial charge in [-0.3, -0.25) is 9.69 Å². The van der Waals surface area contributed by atoms with Crippen LogP contribution in [0.3, 0.4) is 0 Å². The zero-order valence-electron chi connectivity index (χ0n) is 8.93. The highest BCUT2D eigenvalue weighted by molar-refractivity contribution is 6.00. The molecule has 1 aromatic rings. The van der Waals surface area contributed by atoms with Crippen LogP contribution in [0.1, 0.15) is 0 Å². The van der Waals surface area contributed by atoms with Gasteiger partial charge < -0.3 is 10.6 Å². The van der Waals surface area contributed by atoms with Crippen LogP contribution < -0.4 is 15.5 Å². The van der Waals surface area contributed by atoms with Gasteiger partial charge in [0.05, 0.1) is 6.54 Å². The lowest BCUT2D eigenvalue weighted by molar-refractivity contribution is -0.121. The lowest BCUT2D eigenvalue weighted by atomic mass is 10.2. The second kappa shape index (κ2) is 4.22. The van der Waals surface area contributed by atoms with E-state index >= 15 is 0 Å². The Morgan fingerprint density at radius 3 is 2.75 bits per heavy atom. The molecule has 1 fully saturated rings. The molecule has 84 valence electrons. The van der Waals surface area contributed by atoms with Gasteiger partial charge in [-0.1, -0.05) is 18.2 Å². The smallest absolute Gasteiger partial charge is 0.322 e. The summed E-state index contributed by atoms with van der Waals surface area (Å²) in [5, 5.41) is 5.15. The monoisotopic (exact) mass is 219 g/mol. The maximum Gasteiger partial charge on any atom is 0.322 e. The van der Waals surface area contributed by atoms with Crippen LogP contribution in [0, 0.1) is 0 Å². The highest BCUT2D eigenvalue weighted by Gasteiger charge is 2.33. The molecule has 0 spiro atoms. The number of carbonyl (C=O) groups is 2. The van der Waals surface area contributed by atoms with E-state index in [0.717, 1.165) is 5.69 Å². The van der Waals surface area contributed by atoms with E-state index in [1.165, 1.54) is 0 Å². The van der Waals surface area contributed by atoms with Crippen molar-refractivity contribution in [3.8, 4) is 0 Å². The number of anilines is 1. The van der Waals surface area contributed by atoms with Gasteiger partial charge in [-0.2, -0.15) is 0 Å². The lowest BCUT2D eigenvalue weighted by Gasteiger charge is -2.13. The molecule has 0 aliphatic carbocycles. The fraction of sp³-hybridized carbons (Fsp3) is 0.273. The molecule has 1 aliphatic rings. The largest absolute Gasteiger partial charge is 0.357 e. The number of nitrogens with zero attached hydrogens (tertiary/aromatic N) is 1. The Bertz CT molecular complexity index is 405. The third-order valence-corrected chi connectivity index (χ3v) is 2.54. The number of likely N-dealkylation sites (N-methyl/N-ethyl adjacent to an activating group) is 1. The van der Waals surface area contributed by atoms with Gasteiger partial charge in [-0.05, 0) is 12.1 Å². The van der Waals surface area contributed by atoms with E-state index in [1.54, 1.807) is 11.9 Å². The number of para-hydroxylation sites is 1. The van der Waals surface area contributed by atoms with Crippen molar-refractivity contribution in [2.45, 2.75) is 6.04 Å². The Hall–Kier alpha value is -2.04. The maximum absolute atomic E-state index is 11.6. The van der Waals surface area contributed by atoms with Crippen LogP contribution in [-0.4, -0.2) is 31.6 Å². The zero-order valence-corrected chi connectivity index (χ0v) is 8.93. The summed E-state index contributed by atoms with van der Waals surface area (Å²) in [5.74, 6) is -0.174. The maximum atomic E-state index is 11.6. The predicted molar refractivity (Wildman–Crippen MR) is 60.2 cm³/mol. The molecule has 3 amide bonds. The molecule has 1 saturated heterocycles. The number of amides is 3. The van der Waals surface area contributed by atoms with Gasteiger partial charge in [0.1, 0.15) is 6.04 Å². The molecule has 0 aromatic heterocycles. The average Bonchev–Trinajstić information content (AvgIpc) is 2.71. The molecule has 1 aromatic carbocycles. The van der Waals surface area contributed by atoms with Crippen molar-refractivity contribution in [3.63, 3.8) is 0 Å². The molecular formula is C11H13N3O2. The van der Waals surface area contributed by atoms with Crippen LogP contribution >= 0.6 is 0 Å². The normalized spacial score (nSPS) is 19.4. The lowest BCUT2D eigenvalue weighted by Crippen LogP contribution is -2.41. The summed E-state index contributed by atoms with van der Waals surface area (Å²) in [6, 6.07) is 8.56. The summed E-state index contributed by atoms with van der Waals surface area (Å²) < 4.78 is 0. The molecule has 2 rings (SSSR count). The van der Waals surface area contributed by atoms with Crippen LogP contribution in [0.2, 0.25) is 0 Å². The summed E-state index contributed by atoms with van der Waals surface area (Å²) in [7, 11) is 1.56. The van der Waals surface area contributed by atoms with E-state index in [0.29, 0.717) is 6.54 Å². The Morgan fingerprint density at radius 1 is 1.44 bits per heavy atom. The molecule has 5 nitrogen and oxygen atoms in total. The van der Waals surface area contributed by atoms with Crippen molar-refractivity contribution in [2.24, 2.45) is 0 Å². The predicted octanol–water partition coefficient (Wildman–Crippen LogP) is 0.331. The van der Waals surface area contributed by atoms with Gasteiger partial charge in [0.15, 0.2) is 0 Å². The number of hydrogen-bond donors (Lipinski definition) is 2. The molecule has 0 radical (unpaired) electrons. The number of benzene rings is 1. The molecule has 1 heterocycles. The van der Waals surface area contributed by atoms with E-state index in [2.05, 4.69) is 10.6 Å². The van der Waals surface area contributed by atoms with Gasteiger partial charge in [0, 0.05) is 12.7 Å². The Morgan fingerprint density at radius 2 is 2.12 bits per heavy atom. The fourth-order valence-electron chi connectivity index (χ4n) is 1.69. The standard InChI is InChI=1S/C11H13N3O2/c1-12-10(15)9-7-14(11(16)13-9)8-5-3-2-4-6-8/h2-6,9H,7H2,1H3,(H,12,15)(H,13,16). The van der Waals surface area contributed by atoms with E-state index < -0.39 is 6.04 Å². The minimum absolute atomic E-state index is 0.174. The Balaban J connectivity index is 2.14. The van der Waals surface area contributed by atoms with Crippen molar-refractivity contribution in [1.29, 1.82) is 0 Å². The minimum Gasteiger partial charge on any atom is -0.357 e. The average molecular weight is 219 g/mol. The Labute approximate surface area is 93.4 Å². The molecule has 1 unspecified atom stereocenters. The van der Waals surface area contributed by atoms with Gasteiger partial charge in [0.25, 0.3) is 0 Å². The van der Waals surface area contributed by atoms with Gasteiger partial charge in [0.2, 0.25) is 5.91 Å². The fourth-order valence-corrected chi connectivity index (χ4v) is 1.69. The number of nitrogens with one attached hydrogen (secondary N) is 2. The Kier molecular flexibility index (Phi) is 2.76. The van der Waals surface area contributed by atoms with E-state index in [4.69, 9.17) is 0 Å². The highest BCUT2D eigenvalue weighted by atomic mass is 16.2. The zero-order chi connectivity index (χ0) is 11.5. The second-order valence-electron chi connectivity index (χ2n) is 3.56. The van der Waals surface area contributed by atoms with Crippen LogP contribution in [0.15, 0.2) is 30.3 Å². The van der Waals surface area contributed by atoms with Crippen molar-refractivity contribution in [1.82, 2.24) is 10.6 Å². The SMILES string of the molecule is CNC(=O)C1CN(c2ccccc2)C(=O)N1. The minimum atomic E-state index is -0.474. The number of rotatable bonds is 2. The number of carbonyl (C=O) groups excluding carboxylic acids is 2. The van der Waals surface area contributed by atoms with Gasteiger partial charge in [-0.25, -0.2) is 4.79 Å². The first kappa shape index (κ1) is 10.5. The third-order valence-electron chi connectivity index (χ3n) is 2.54. The summed E-state index contributed by atoms with van der Waals surface area (Å²) in [4.78, 5) is 24.6. The van der Waals surface area contributed by atoms with E-state index in [1.807, 2.05) is 30.3 Å². The first-order valence-electron chi connectivity index (χ1n) is 5.07. The van der Waals surface area contributed by atoms with Crippen LogP contribution in [-0.2, 0) is 4.79 Å². The molecule has 1 aliphatic heterocycles. The summed E-state index contributed by atoms with van der Waals surface area (Å²) >= 11 is 0. The van der Waals surface area contributed by atoms with Crippen molar-refractivity contribution in [3.05, 3.63) is 30.3 Å². The van der Waals surface area contributed by atoms with Crippen molar-refractivity contribution < 1.29 is 9.59 Å². The van der Waals surface area contributed by atoms with Crippen LogP contribution in [0.4, 0.5) is 10.5 Å². The van der Waals surface area contributed by atoms with E-state index in [-0.39, 0.29) is 11.9 Å². The van der Waals surface area contributed by atoms with Gasteiger partial charge in [-0.15, -0.1) is 0 Å². The highest BCUT2D eigenvalue weighted by Crippen LogP contribution is 2.17. The first-order valence-corrected chi connectivity index (χ1v) is 5.07. The topological polar surface area (TPSA) is 61.4 Å². The quantitative estimate of drug-likeness (QED) is 0.753. The summed E-state index contributed by atoms with van der Waals surface area (Å²) in [5.41, 5.74) is 0.798. The number of hydrogen-bond acceptors (Lipinski definition) is 2. The number of urea groups is 1. The molecular weight excluding hydrogens is 206 g/mol. The van der Waals surface area contributed by atoms with Gasteiger partial charge >= 0.3 is 6.03 Å². The van der Waals surface area contributed by atoms with Crippen molar-refractivity contribution >= 4 is 17.6 Å². The third kappa shape index (κ3) is 1.84. The molecule has 1 atom stereocenters.